The summed E-state index contributed by atoms with van der Waals surface area (Å²) < 4.78 is 0. The second-order valence-corrected chi connectivity index (χ2v) is 13.5. The normalized spacial score (nSPS) is 15.7. The Bertz CT molecular complexity index is 2520. The Balaban J connectivity index is 1.31. The van der Waals surface area contributed by atoms with Gasteiger partial charge in [0.15, 0.2) is 0 Å². The van der Waals surface area contributed by atoms with Gasteiger partial charge in [0.05, 0.1) is 11.1 Å². The van der Waals surface area contributed by atoms with Crippen LogP contribution in [0.25, 0.3) is 32.7 Å². The summed E-state index contributed by atoms with van der Waals surface area (Å²) in [6.07, 6.45) is 0. The second-order valence-electron chi connectivity index (χ2n) is 12.5. The monoisotopic (exact) mass is 615 g/mol. The fraction of sp³-hybridized carbons (Fsp3) is 0.0222. The van der Waals surface area contributed by atoms with Gasteiger partial charge in [0, 0.05) is 21.2 Å². The van der Waals surface area contributed by atoms with Gasteiger partial charge in [-0.05, 0) is 91.3 Å². The van der Waals surface area contributed by atoms with Gasteiger partial charge in [-0.2, -0.15) is 0 Å². The number of para-hydroxylation sites is 1. The quantitative estimate of drug-likeness (QED) is 0.195. The van der Waals surface area contributed by atoms with Crippen molar-refractivity contribution < 1.29 is 0 Å². The van der Waals surface area contributed by atoms with Crippen molar-refractivity contribution in [2.45, 2.75) is 15.2 Å². The summed E-state index contributed by atoms with van der Waals surface area (Å²) in [6, 6.07) is 65.0. The molecule has 0 fully saturated rings. The van der Waals surface area contributed by atoms with Gasteiger partial charge in [-0.3, -0.25) is 0 Å². The molecule has 0 radical (unpaired) electrons. The van der Waals surface area contributed by atoms with Crippen LogP contribution < -0.4 is 4.90 Å². The van der Waals surface area contributed by atoms with Gasteiger partial charge in [-0.1, -0.05) is 151 Å². The third-order valence-corrected chi connectivity index (χ3v) is 11.3. The molecule has 0 bridgehead atoms. The lowest BCUT2D eigenvalue weighted by atomic mass is 9.67. The molecule has 8 aromatic carbocycles. The summed E-state index contributed by atoms with van der Waals surface area (Å²) >= 11 is 1.90. The SMILES string of the molecule is c1ccc(N(c2ccc3ccccc3c2)c2cccc3c2Sc2ccccc2C32c3ccccc3-c3c2ccc2ccccc32)cc1. The van der Waals surface area contributed by atoms with Gasteiger partial charge in [-0.25, -0.2) is 0 Å². The topological polar surface area (TPSA) is 3.24 Å². The van der Waals surface area contributed by atoms with Crippen LogP contribution in [0, 0.1) is 0 Å². The van der Waals surface area contributed by atoms with Crippen molar-refractivity contribution in [3.8, 4) is 11.1 Å². The first-order valence-corrected chi connectivity index (χ1v) is 17.0. The maximum absolute atomic E-state index is 2.45. The Morgan fingerprint density at radius 1 is 0.426 bits per heavy atom. The molecule has 1 heterocycles. The largest absolute Gasteiger partial charge is 0.309 e. The van der Waals surface area contributed by atoms with Gasteiger partial charge < -0.3 is 4.90 Å². The van der Waals surface area contributed by atoms with Gasteiger partial charge in [0.1, 0.15) is 0 Å². The first kappa shape index (κ1) is 26.6. The van der Waals surface area contributed by atoms with Crippen molar-refractivity contribution in [2.24, 2.45) is 0 Å². The minimum Gasteiger partial charge on any atom is -0.309 e. The highest BCUT2D eigenvalue weighted by Crippen LogP contribution is 2.64. The van der Waals surface area contributed by atoms with Crippen molar-refractivity contribution >= 4 is 50.4 Å². The average Bonchev–Trinajstić information content (AvgIpc) is 3.44. The highest BCUT2D eigenvalue weighted by atomic mass is 32.2. The molecule has 1 atom stereocenters. The molecule has 47 heavy (non-hydrogen) atoms. The molecule has 0 saturated heterocycles. The zero-order chi connectivity index (χ0) is 31.0. The lowest BCUT2D eigenvalue weighted by molar-refractivity contribution is 0.723. The van der Waals surface area contributed by atoms with E-state index in [9.17, 15) is 0 Å². The summed E-state index contributed by atoms with van der Waals surface area (Å²) in [5.74, 6) is 0. The van der Waals surface area contributed by atoms with E-state index in [0.717, 1.165) is 11.4 Å². The highest BCUT2D eigenvalue weighted by Gasteiger charge is 2.51. The molecule has 10 rings (SSSR count). The van der Waals surface area contributed by atoms with Crippen molar-refractivity contribution in [1.29, 1.82) is 0 Å². The number of hydrogen-bond acceptors (Lipinski definition) is 2. The third kappa shape index (κ3) is 3.74. The van der Waals surface area contributed by atoms with Crippen molar-refractivity contribution in [3.05, 3.63) is 198 Å². The Labute approximate surface area is 278 Å². The van der Waals surface area contributed by atoms with E-state index in [1.807, 2.05) is 11.8 Å². The minimum atomic E-state index is -0.450. The van der Waals surface area contributed by atoms with Crippen LogP contribution >= 0.6 is 11.8 Å². The van der Waals surface area contributed by atoms with Gasteiger partial charge in [0.25, 0.3) is 0 Å². The molecule has 0 aromatic heterocycles. The summed E-state index contributed by atoms with van der Waals surface area (Å²) in [6.45, 7) is 0. The Hall–Kier alpha value is -5.57. The van der Waals surface area contributed by atoms with Crippen LogP contribution in [-0.4, -0.2) is 0 Å². The van der Waals surface area contributed by atoms with Crippen LogP contribution in [0.4, 0.5) is 17.1 Å². The van der Waals surface area contributed by atoms with Gasteiger partial charge in [-0.15, -0.1) is 0 Å². The molecule has 2 aliphatic rings. The highest BCUT2D eigenvalue weighted by molar-refractivity contribution is 7.99. The molecule has 0 amide bonds. The lowest BCUT2D eigenvalue weighted by Crippen LogP contribution is -2.32. The maximum Gasteiger partial charge on any atom is 0.0736 e. The van der Waals surface area contributed by atoms with Crippen LogP contribution in [0.5, 0.6) is 0 Å². The molecule has 1 spiro atoms. The predicted molar refractivity (Wildman–Crippen MR) is 198 cm³/mol. The second kappa shape index (κ2) is 10.2. The van der Waals surface area contributed by atoms with E-state index in [4.69, 9.17) is 0 Å². The molecule has 0 N–H and O–H groups in total. The Morgan fingerprint density at radius 2 is 1.11 bits per heavy atom. The standard InChI is InChI=1S/C45H29NS/c1-2-16-33(17-3-1)46(34-27-25-30-13-4-5-15-32(30)29-34)41-23-12-22-40-44(41)47-42-24-11-10-21-38(42)45(40)37-20-9-8-19-36(37)43-35-18-7-6-14-31(35)26-28-39(43)45/h1-29H. The lowest BCUT2D eigenvalue weighted by Gasteiger charge is -2.41. The first-order valence-electron chi connectivity index (χ1n) is 16.2. The summed E-state index contributed by atoms with van der Waals surface area (Å²) in [5.41, 5.74) is 11.1. The van der Waals surface area contributed by atoms with Crippen LogP contribution in [-0.2, 0) is 5.41 Å². The van der Waals surface area contributed by atoms with E-state index < -0.39 is 5.41 Å². The number of hydrogen-bond donors (Lipinski definition) is 0. The number of nitrogens with zero attached hydrogens (tertiary/aromatic N) is 1. The molecule has 1 aliphatic carbocycles. The van der Waals surface area contributed by atoms with E-state index in [1.165, 1.54) is 70.4 Å². The Kier molecular flexibility index (Phi) is 5.79. The molecular weight excluding hydrogens is 587 g/mol. The minimum absolute atomic E-state index is 0.450. The van der Waals surface area contributed by atoms with Crippen LogP contribution in [0.15, 0.2) is 186 Å². The van der Waals surface area contributed by atoms with Crippen molar-refractivity contribution in [2.75, 3.05) is 4.90 Å². The van der Waals surface area contributed by atoms with Crippen LogP contribution in [0.3, 0.4) is 0 Å². The van der Waals surface area contributed by atoms with Crippen LogP contribution in [0.2, 0.25) is 0 Å². The van der Waals surface area contributed by atoms with E-state index in [-0.39, 0.29) is 0 Å². The van der Waals surface area contributed by atoms with E-state index in [2.05, 4.69) is 181 Å². The first-order chi connectivity index (χ1) is 23.3. The fourth-order valence-electron chi connectivity index (χ4n) is 8.17. The smallest absolute Gasteiger partial charge is 0.0736 e. The zero-order valence-electron chi connectivity index (χ0n) is 25.6. The van der Waals surface area contributed by atoms with Gasteiger partial charge >= 0.3 is 0 Å². The van der Waals surface area contributed by atoms with E-state index in [1.54, 1.807) is 0 Å². The Morgan fingerprint density at radius 3 is 2.00 bits per heavy atom. The zero-order valence-corrected chi connectivity index (χ0v) is 26.4. The van der Waals surface area contributed by atoms with Gasteiger partial charge in [0.2, 0.25) is 0 Å². The number of fused-ring (bicyclic) bond motifs is 12. The number of benzene rings is 8. The summed E-state index contributed by atoms with van der Waals surface area (Å²) in [7, 11) is 0. The molecule has 1 aliphatic heterocycles. The van der Waals surface area contributed by atoms with Crippen molar-refractivity contribution in [3.63, 3.8) is 0 Å². The molecule has 1 unspecified atom stereocenters. The molecule has 220 valence electrons. The number of anilines is 3. The van der Waals surface area contributed by atoms with Crippen molar-refractivity contribution in [1.82, 2.24) is 0 Å². The molecule has 0 saturated carbocycles. The molecule has 1 nitrogen and oxygen atoms in total. The summed E-state index contributed by atoms with van der Waals surface area (Å²) in [5, 5.41) is 5.06. The van der Waals surface area contributed by atoms with E-state index >= 15 is 0 Å². The van der Waals surface area contributed by atoms with E-state index in [0.29, 0.717) is 0 Å². The fourth-order valence-corrected chi connectivity index (χ4v) is 9.46. The predicted octanol–water partition coefficient (Wildman–Crippen LogP) is 12.3. The molecule has 8 aromatic rings. The molecular formula is C45H29NS. The average molecular weight is 616 g/mol. The van der Waals surface area contributed by atoms with Crippen LogP contribution in [0.1, 0.15) is 22.3 Å². The molecule has 2 heteroatoms. The number of rotatable bonds is 3. The third-order valence-electron chi connectivity index (χ3n) is 10.1. The summed E-state index contributed by atoms with van der Waals surface area (Å²) in [4.78, 5) is 5.04. The maximum atomic E-state index is 2.45.